The van der Waals surface area contributed by atoms with Gasteiger partial charge in [-0.25, -0.2) is 0 Å². The molecule has 1 aliphatic rings. The second kappa shape index (κ2) is 52.8. The molecule has 0 aliphatic carbocycles. The van der Waals surface area contributed by atoms with E-state index in [1.54, 1.807) is 0 Å². The maximum absolute atomic E-state index is 13.1. The normalized spacial score (nSPS) is 19.3. The number of aliphatic hydroxyl groups is 5. The molecule has 7 unspecified atom stereocenters. The van der Waals surface area contributed by atoms with Gasteiger partial charge in [-0.05, 0) is 51.4 Å². The molecule has 0 radical (unpaired) electrons. The fourth-order valence-electron chi connectivity index (χ4n) is 10.1. The van der Waals surface area contributed by atoms with E-state index in [4.69, 9.17) is 9.47 Å². The molecule has 9 heteroatoms. The summed E-state index contributed by atoms with van der Waals surface area (Å²) in [5.74, 6) is -0.153. The van der Waals surface area contributed by atoms with Crippen molar-refractivity contribution in [3.8, 4) is 0 Å². The average Bonchev–Trinajstić information content (AvgIpc) is 3.38. The molecule has 1 saturated heterocycles. The fourth-order valence-corrected chi connectivity index (χ4v) is 10.1. The number of allylic oxidation sites excluding steroid dienone is 6. The lowest BCUT2D eigenvalue weighted by atomic mass is 9.99. The molecular formula is C63H119NO8. The van der Waals surface area contributed by atoms with Crippen LogP contribution in [-0.2, 0) is 14.3 Å². The summed E-state index contributed by atoms with van der Waals surface area (Å²) in [4.78, 5) is 13.1. The maximum atomic E-state index is 13.1. The molecule has 0 saturated carbocycles. The Balaban J connectivity index is 2.15. The second-order valence-electron chi connectivity index (χ2n) is 21.9. The molecule has 1 heterocycles. The number of hydrogen-bond donors (Lipinski definition) is 6. The first kappa shape index (κ1) is 68.4. The van der Waals surface area contributed by atoms with Crippen molar-refractivity contribution in [2.45, 2.75) is 346 Å². The topological polar surface area (TPSA) is 149 Å². The SMILES string of the molecule is CCCCC/C=C\C/C=C\C/C=C\CCCCCCCCC(=O)NC(COC1OC(CO)C(O)C(O)C1O)C(O)CCCCCCCCCCCCCCCCCCCCCCCCCCCCCCCC. The molecule has 424 valence electrons. The molecule has 0 aromatic carbocycles. The highest BCUT2D eigenvalue weighted by Crippen LogP contribution is 2.23. The van der Waals surface area contributed by atoms with Gasteiger partial charge >= 0.3 is 0 Å². The van der Waals surface area contributed by atoms with Crippen LogP contribution in [0.1, 0.15) is 303 Å². The number of unbranched alkanes of at least 4 members (excludes halogenated alkanes) is 38. The highest BCUT2D eigenvalue weighted by atomic mass is 16.7. The van der Waals surface area contributed by atoms with E-state index in [0.29, 0.717) is 12.8 Å². The summed E-state index contributed by atoms with van der Waals surface area (Å²) in [6.07, 6.45) is 61.9. The molecule has 0 aromatic rings. The maximum Gasteiger partial charge on any atom is 0.220 e. The van der Waals surface area contributed by atoms with E-state index >= 15 is 0 Å². The summed E-state index contributed by atoms with van der Waals surface area (Å²) < 4.78 is 11.3. The molecule has 7 atom stereocenters. The molecule has 6 N–H and O–H groups in total. The van der Waals surface area contributed by atoms with Crippen molar-refractivity contribution in [3.63, 3.8) is 0 Å². The minimum atomic E-state index is -1.56. The van der Waals surface area contributed by atoms with Crippen molar-refractivity contribution in [1.29, 1.82) is 0 Å². The van der Waals surface area contributed by atoms with Gasteiger partial charge in [0, 0.05) is 6.42 Å². The Morgan fingerprint density at radius 3 is 1.24 bits per heavy atom. The number of aliphatic hydroxyl groups excluding tert-OH is 5. The van der Waals surface area contributed by atoms with E-state index in [1.165, 1.54) is 212 Å². The van der Waals surface area contributed by atoms with Crippen LogP contribution < -0.4 is 5.32 Å². The smallest absolute Gasteiger partial charge is 0.220 e. The third-order valence-corrected chi connectivity index (χ3v) is 15.0. The number of rotatable bonds is 54. The lowest BCUT2D eigenvalue weighted by molar-refractivity contribution is -0.302. The van der Waals surface area contributed by atoms with Crippen LogP contribution >= 0.6 is 0 Å². The Morgan fingerprint density at radius 2 is 0.819 bits per heavy atom. The quantitative estimate of drug-likeness (QED) is 0.0261. The Morgan fingerprint density at radius 1 is 0.472 bits per heavy atom. The molecule has 0 bridgehead atoms. The van der Waals surface area contributed by atoms with Gasteiger partial charge in [0.05, 0.1) is 25.4 Å². The molecule has 0 aromatic heterocycles. The Labute approximate surface area is 444 Å². The first-order valence-electron chi connectivity index (χ1n) is 31.2. The molecule has 1 amide bonds. The largest absolute Gasteiger partial charge is 0.394 e. The van der Waals surface area contributed by atoms with E-state index in [-0.39, 0.29) is 12.5 Å². The zero-order chi connectivity index (χ0) is 52.2. The third-order valence-electron chi connectivity index (χ3n) is 15.0. The van der Waals surface area contributed by atoms with Crippen LogP contribution in [0.5, 0.6) is 0 Å². The zero-order valence-electron chi connectivity index (χ0n) is 47.2. The van der Waals surface area contributed by atoms with Gasteiger partial charge in [-0.2, -0.15) is 0 Å². The molecule has 9 nitrogen and oxygen atoms in total. The number of carbonyl (C=O) groups is 1. The van der Waals surface area contributed by atoms with Crippen molar-refractivity contribution in [3.05, 3.63) is 36.5 Å². The van der Waals surface area contributed by atoms with Crippen LogP contribution in [0.4, 0.5) is 0 Å². The summed E-state index contributed by atoms with van der Waals surface area (Å²) in [5.41, 5.74) is 0. The van der Waals surface area contributed by atoms with Gasteiger partial charge < -0.3 is 40.3 Å². The van der Waals surface area contributed by atoms with E-state index in [2.05, 4.69) is 55.6 Å². The summed E-state index contributed by atoms with van der Waals surface area (Å²) >= 11 is 0. The number of ether oxygens (including phenoxy) is 2. The minimum absolute atomic E-state index is 0.142. The minimum Gasteiger partial charge on any atom is -0.394 e. The Bertz CT molecular complexity index is 1230. The van der Waals surface area contributed by atoms with Gasteiger partial charge in [-0.15, -0.1) is 0 Å². The number of nitrogens with one attached hydrogen (secondary N) is 1. The van der Waals surface area contributed by atoms with Crippen molar-refractivity contribution in [2.75, 3.05) is 13.2 Å². The van der Waals surface area contributed by atoms with Crippen molar-refractivity contribution in [2.24, 2.45) is 0 Å². The van der Waals surface area contributed by atoms with E-state index in [0.717, 1.165) is 64.2 Å². The number of amides is 1. The highest BCUT2D eigenvalue weighted by Gasteiger charge is 2.44. The predicted octanol–water partition coefficient (Wildman–Crippen LogP) is 15.9. The zero-order valence-corrected chi connectivity index (χ0v) is 47.2. The highest BCUT2D eigenvalue weighted by molar-refractivity contribution is 5.76. The van der Waals surface area contributed by atoms with E-state index < -0.39 is 49.5 Å². The molecule has 0 spiro atoms. The van der Waals surface area contributed by atoms with Crippen LogP contribution in [0.2, 0.25) is 0 Å². The second-order valence-corrected chi connectivity index (χ2v) is 21.9. The Hall–Kier alpha value is -1.59. The average molecular weight is 1020 g/mol. The van der Waals surface area contributed by atoms with Crippen LogP contribution in [0.25, 0.3) is 0 Å². The lowest BCUT2D eigenvalue weighted by Crippen LogP contribution is -2.60. The summed E-state index contributed by atoms with van der Waals surface area (Å²) in [6.45, 7) is 3.84. The fraction of sp³-hybridized carbons (Fsp3) is 0.889. The molecule has 72 heavy (non-hydrogen) atoms. The van der Waals surface area contributed by atoms with Crippen LogP contribution in [0.15, 0.2) is 36.5 Å². The van der Waals surface area contributed by atoms with Gasteiger partial charge in [-0.1, -0.05) is 281 Å². The van der Waals surface area contributed by atoms with Gasteiger partial charge in [0.25, 0.3) is 0 Å². The lowest BCUT2D eigenvalue weighted by Gasteiger charge is -2.40. The summed E-state index contributed by atoms with van der Waals surface area (Å²) in [7, 11) is 0. The first-order chi connectivity index (χ1) is 35.3. The van der Waals surface area contributed by atoms with Crippen molar-refractivity contribution < 1.29 is 39.8 Å². The molecular weight excluding hydrogens is 899 g/mol. The predicted molar refractivity (Wildman–Crippen MR) is 304 cm³/mol. The summed E-state index contributed by atoms with van der Waals surface area (Å²) in [6, 6.07) is -0.728. The van der Waals surface area contributed by atoms with Crippen LogP contribution in [-0.4, -0.2) is 87.5 Å². The van der Waals surface area contributed by atoms with Crippen LogP contribution in [0, 0.1) is 0 Å². The Kier molecular flexibility index (Phi) is 50.2. The van der Waals surface area contributed by atoms with Gasteiger partial charge in [0.1, 0.15) is 24.4 Å². The van der Waals surface area contributed by atoms with Crippen molar-refractivity contribution >= 4 is 5.91 Å². The molecule has 1 aliphatic heterocycles. The first-order valence-corrected chi connectivity index (χ1v) is 31.2. The number of carbonyl (C=O) groups excluding carboxylic acids is 1. The standard InChI is InChI=1S/C63H119NO8/c1-3-5-7-9-11-13-15-17-19-21-23-24-25-26-27-28-29-30-31-32-33-35-36-38-40-42-44-46-48-50-52-57(66)56(55-71-63-62(70)61(69)60(68)58(54-65)72-63)64-59(67)53-51-49-47-45-43-41-39-37-34-22-20-18-16-14-12-10-8-6-4-2/h12,14,18,20,34,37,56-58,60-63,65-66,68-70H,3-11,13,15-17,19,21-33,35-36,38-55H2,1-2H3,(H,64,67)/b14-12-,20-18-,37-34-. The van der Waals surface area contributed by atoms with Gasteiger partial charge in [0.2, 0.25) is 5.91 Å². The summed E-state index contributed by atoms with van der Waals surface area (Å²) in [5, 5.41) is 54.8. The molecule has 1 rings (SSSR count). The van der Waals surface area contributed by atoms with Crippen molar-refractivity contribution in [1.82, 2.24) is 5.32 Å². The third kappa shape index (κ3) is 41.6. The van der Waals surface area contributed by atoms with Crippen LogP contribution in [0.3, 0.4) is 0 Å². The number of hydrogen-bond acceptors (Lipinski definition) is 8. The molecule has 1 fully saturated rings. The van der Waals surface area contributed by atoms with Gasteiger partial charge in [0.15, 0.2) is 6.29 Å². The van der Waals surface area contributed by atoms with Gasteiger partial charge in [-0.3, -0.25) is 4.79 Å². The van der Waals surface area contributed by atoms with E-state index in [9.17, 15) is 30.3 Å². The van der Waals surface area contributed by atoms with E-state index in [1.807, 2.05) is 0 Å². The monoisotopic (exact) mass is 1020 g/mol.